The molecule has 0 bridgehead atoms. The molecule has 6 nitrogen and oxygen atoms in total. The molecule has 28 heavy (non-hydrogen) atoms. The first kappa shape index (κ1) is 18.2. The van der Waals surface area contributed by atoms with Crippen molar-refractivity contribution < 1.29 is 0 Å². The lowest BCUT2D eigenvalue weighted by Crippen LogP contribution is -2.47. The van der Waals surface area contributed by atoms with Crippen LogP contribution in [0.25, 0.3) is 0 Å². The number of para-hydroxylation sites is 1. The van der Waals surface area contributed by atoms with Crippen LogP contribution in [0.5, 0.6) is 0 Å². The fraction of sp³-hybridized carbons (Fsp3) is 0.318. The van der Waals surface area contributed by atoms with Gasteiger partial charge in [0.1, 0.15) is 23.3 Å². The normalized spacial score (nSPS) is 14.2. The summed E-state index contributed by atoms with van der Waals surface area (Å²) in [5.41, 5.74) is 1.15. The summed E-state index contributed by atoms with van der Waals surface area (Å²) in [6.45, 7) is 8.68. The maximum Gasteiger partial charge on any atom is 0.138 e. The molecule has 3 heterocycles. The number of hydrogen-bond donors (Lipinski definition) is 0. The Morgan fingerprint density at radius 1 is 0.857 bits per heavy atom. The molecule has 0 atom stereocenters. The highest BCUT2D eigenvalue weighted by Gasteiger charge is 2.21. The van der Waals surface area contributed by atoms with Crippen molar-refractivity contribution in [3.05, 3.63) is 66.6 Å². The van der Waals surface area contributed by atoms with Crippen molar-refractivity contribution in [2.45, 2.75) is 13.8 Å². The third-order valence-electron chi connectivity index (χ3n) is 5.05. The van der Waals surface area contributed by atoms with E-state index in [0.29, 0.717) is 0 Å². The number of hydrogen-bond acceptors (Lipinski definition) is 6. The average molecular weight is 374 g/mol. The van der Waals surface area contributed by atoms with Crippen LogP contribution in [0.2, 0.25) is 0 Å². The van der Waals surface area contributed by atoms with Crippen LogP contribution in [-0.2, 0) is 0 Å². The van der Waals surface area contributed by atoms with E-state index in [9.17, 15) is 0 Å². The van der Waals surface area contributed by atoms with Gasteiger partial charge in [-0.25, -0.2) is 15.0 Å². The Morgan fingerprint density at radius 3 is 2.18 bits per heavy atom. The quantitative estimate of drug-likeness (QED) is 0.679. The molecule has 0 unspecified atom stereocenters. The van der Waals surface area contributed by atoms with Crippen molar-refractivity contribution >= 4 is 23.1 Å². The number of rotatable bonds is 5. The molecule has 3 aromatic rings. The van der Waals surface area contributed by atoms with Crippen LogP contribution in [0.1, 0.15) is 12.7 Å². The van der Waals surface area contributed by atoms with Gasteiger partial charge in [0.25, 0.3) is 0 Å². The molecule has 0 amide bonds. The van der Waals surface area contributed by atoms with E-state index < -0.39 is 0 Å². The molecule has 1 aromatic carbocycles. The Morgan fingerprint density at radius 2 is 1.54 bits per heavy atom. The lowest BCUT2D eigenvalue weighted by molar-refractivity contribution is 0.640. The number of nitrogens with zero attached hydrogens (tertiary/aromatic N) is 6. The van der Waals surface area contributed by atoms with Gasteiger partial charge in [-0.15, -0.1) is 0 Å². The maximum atomic E-state index is 4.72. The second-order valence-corrected chi connectivity index (χ2v) is 6.87. The molecular formula is C22H26N6. The molecule has 2 aromatic heterocycles. The third kappa shape index (κ3) is 3.91. The molecule has 1 aliphatic heterocycles. The summed E-state index contributed by atoms with van der Waals surface area (Å²) in [5, 5.41) is 0. The van der Waals surface area contributed by atoms with Gasteiger partial charge in [-0.3, -0.25) is 0 Å². The van der Waals surface area contributed by atoms with E-state index in [-0.39, 0.29) is 0 Å². The Kier molecular flexibility index (Phi) is 5.37. The second-order valence-electron chi connectivity index (χ2n) is 6.87. The van der Waals surface area contributed by atoms with Gasteiger partial charge in [0.2, 0.25) is 0 Å². The average Bonchev–Trinajstić information content (AvgIpc) is 2.75. The van der Waals surface area contributed by atoms with Crippen molar-refractivity contribution in [1.29, 1.82) is 0 Å². The van der Waals surface area contributed by atoms with E-state index >= 15 is 0 Å². The first-order chi connectivity index (χ1) is 13.7. The molecule has 0 N–H and O–H groups in total. The van der Waals surface area contributed by atoms with Crippen LogP contribution >= 0.6 is 0 Å². The van der Waals surface area contributed by atoms with Gasteiger partial charge >= 0.3 is 0 Å². The first-order valence-corrected chi connectivity index (χ1v) is 9.84. The van der Waals surface area contributed by atoms with Gasteiger partial charge in [-0.2, -0.15) is 0 Å². The summed E-state index contributed by atoms with van der Waals surface area (Å²) in [6.07, 6.45) is 1.85. The van der Waals surface area contributed by atoms with Crippen molar-refractivity contribution in [2.24, 2.45) is 0 Å². The van der Waals surface area contributed by atoms with Crippen LogP contribution in [-0.4, -0.2) is 47.7 Å². The molecule has 1 saturated heterocycles. The lowest BCUT2D eigenvalue weighted by atomic mass is 10.2. The van der Waals surface area contributed by atoms with Crippen molar-refractivity contribution in [2.75, 3.05) is 47.4 Å². The predicted molar refractivity (Wildman–Crippen MR) is 115 cm³/mol. The van der Waals surface area contributed by atoms with Gasteiger partial charge in [-0.1, -0.05) is 24.3 Å². The van der Waals surface area contributed by atoms with Crippen LogP contribution in [0.3, 0.4) is 0 Å². The Balaban J connectivity index is 1.53. The molecule has 0 radical (unpaired) electrons. The standard InChI is InChI=1S/C22H26N6/c1-3-28(19-9-5-4-6-10-19)22-17-21(24-18(2)25-22)27-15-13-26(14-16-27)20-11-7-8-12-23-20/h4-12,17H,3,13-16H2,1-2H3. The molecule has 0 saturated carbocycles. The molecular weight excluding hydrogens is 348 g/mol. The number of pyridine rings is 1. The molecule has 4 rings (SSSR count). The summed E-state index contributed by atoms with van der Waals surface area (Å²) >= 11 is 0. The van der Waals surface area contributed by atoms with Gasteiger partial charge in [0.15, 0.2) is 0 Å². The summed E-state index contributed by atoms with van der Waals surface area (Å²) in [6, 6.07) is 18.6. The van der Waals surface area contributed by atoms with E-state index in [1.807, 2.05) is 31.3 Å². The molecule has 144 valence electrons. The maximum absolute atomic E-state index is 4.72. The van der Waals surface area contributed by atoms with Crippen LogP contribution in [0, 0.1) is 6.92 Å². The zero-order chi connectivity index (χ0) is 19.3. The number of benzene rings is 1. The van der Waals surface area contributed by atoms with E-state index in [1.54, 1.807) is 0 Å². The van der Waals surface area contributed by atoms with E-state index in [1.165, 1.54) is 0 Å². The Bertz CT molecular complexity index is 891. The van der Waals surface area contributed by atoms with Gasteiger partial charge in [0, 0.05) is 50.7 Å². The number of piperazine rings is 1. The summed E-state index contributed by atoms with van der Waals surface area (Å²) in [7, 11) is 0. The minimum atomic E-state index is 0.800. The van der Waals surface area contributed by atoms with Crippen molar-refractivity contribution in [3.8, 4) is 0 Å². The smallest absolute Gasteiger partial charge is 0.138 e. The van der Waals surface area contributed by atoms with E-state index in [2.05, 4.69) is 63.0 Å². The van der Waals surface area contributed by atoms with E-state index in [0.717, 1.165) is 61.7 Å². The number of aryl methyl sites for hydroxylation is 1. The molecule has 0 spiro atoms. The summed E-state index contributed by atoms with van der Waals surface area (Å²) in [5.74, 6) is 3.79. The number of anilines is 4. The Hall–Kier alpha value is -3.15. The fourth-order valence-corrected chi connectivity index (χ4v) is 3.63. The number of aromatic nitrogens is 3. The highest BCUT2D eigenvalue weighted by Crippen LogP contribution is 2.27. The minimum Gasteiger partial charge on any atom is -0.353 e. The second kappa shape index (κ2) is 8.25. The zero-order valence-electron chi connectivity index (χ0n) is 16.5. The van der Waals surface area contributed by atoms with Crippen LogP contribution < -0.4 is 14.7 Å². The Labute approximate surface area is 166 Å². The van der Waals surface area contributed by atoms with E-state index in [4.69, 9.17) is 9.97 Å². The summed E-state index contributed by atoms with van der Waals surface area (Å²) in [4.78, 5) is 20.8. The SMILES string of the molecule is CCN(c1ccccc1)c1cc(N2CCN(c3ccccn3)CC2)nc(C)n1. The van der Waals surface area contributed by atoms with Gasteiger partial charge in [0.05, 0.1) is 0 Å². The van der Waals surface area contributed by atoms with Crippen LogP contribution in [0.4, 0.5) is 23.1 Å². The largest absolute Gasteiger partial charge is 0.353 e. The molecule has 0 aliphatic carbocycles. The zero-order valence-corrected chi connectivity index (χ0v) is 16.5. The topological polar surface area (TPSA) is 48.4 Å². The van der Waals surface area contributed by atoms with Gasteiger partial charge in [-0.05, 0) is 38.1 Å². The molecule has 1 aliphatic rings. The first-order valence-electron chi connectivity index (χ1n) is 9.84. The lowest BCUT2D eigenvalue weighted by Gasteiger charge is -2.36. The minimum absolute atomic E-state index is 0.800. The summed E-state index contributed by atoms with van der Waals surface area (Å²) < 4.78 is 0. The van der Waals surface area contributed by atoms with Crippen molar-refractivity contribution in [1.82, 2.24) is 15.0 Å². The predicted octanol–water partition coefficient (Wildman–Crippen LogP) is 3.66. The fourth-order valence-electron chi connectivity index (χ4n) is 3.63. The highest BCUT2D eigenvalue weighted by atomic mass is 15.3. The van der Waals surface area contributed by atoms with Gasteiger partial charge < -0.3 is 14.7 Å². The van der Waals surface area contributed by atoms with Crippen molar-refractivity contribution in [3.63, 3.8) is 0 Å². The monoisotopic (exact) mass is 374 g/mol. The molecule has 1 fully saturated rings. The van der Waals surface area contributed by atoms with Crippen LogP contribution in [0.15, 0.2) is 60.8 Å². The molecule has 6 heteroatoms. The third-order valence-corrected chi connectivity index (χ3v) is 5.05. The highest BCUT2D eigenvalue weighted by molar-refractivity contribution is 5.63.